The first-order valence-corrected chi connectivity index (χ1v) is 6.97. The number of benzene rings is 1. The van der Waals surface area contributed by atoms with E-state index in [2.05, 4.69) is 11.2 Å². The van der Waals surface area contributed by atoms with E-state index in [-0.39, 0.29) is 0 Å². The molecule has 0 spiro atoms. The van der Waals surface area contributed by atoms with Crippen molar-refractivity contribution in [3.63, 3.8) is 0 Å². The standard InChI is InChI=1S/C11H13N3O.C4H4O4/c12-4-5-14-11-8(7-13-14)1-2-10-9(11)3-6-15-10;5-3(6)1-2-4(7)8/h1-2,7H,3-6,12H2;1-2H,(H,5,6)(H,7,8). The number of hydrogen-bond acceptors (Lipinski definition) is 5. The van der Waals surface area contributed by atoms with Gasteiger partial charge in [-0.05, 0) is 12.1 Å². The SMILES string of the molecule is NCCn1ncc2ccc3c(c21)CCO3.O=C(O)C=CC(=O)O. The van der Waals surface area contributed by atoms with Crippen LogP contribution in [0.25, 0.3) is 10.9 Å². The molecule has 0 aliphatic carbocycles. The van der Waals surface area contributed by atoms with Gasteiger partial charge in [0.25, 0.3) is 0 Å². The van der Waals surface area contributed by atoms with Crippen molar-refractivity contribution < 1.29 is 24.5 Å². The Morgan fingerprint density at radius 1 is 1.30 bits per heavy atom. The lowest BCUT2D eigenvalue weighted by atomic mass is 10.1. The van der Waals surface area contributed by atoms with Crippen molar-refractivity contribution in [2.75, 3.05) is 13.2 Å². The van der Waals surface area contributed by atoms with Gasteiger partial charge in [0.2, 0.25) is 0 Å². The summed E-state index contributed by atoms with van der Waals surface area (Å²) in [4.78, 5) is 19.1. The van der Waals surface area contributed by atoms with Crippen molar-refractivity contribution in [1.82, 2.24) is 9.78 Å². The van der Waals surface area contributed by atoms with E-state index in [1.54, 1.807) is 0 Å². The Balaban J connectivity index is 0.000000207. The van der Waals surface area contributed by atoms with Crippen molar-refractivity contribution in [1.29, 1.82) is 0 Å². The van der Waals surface area contributed by atoms with E-state index in [1.165, 1.54) is 16.5 Å². The van der Waals surface area contributed by atoms with Crippen LogP contribution in [-0.4, -0.2) is 45.1 Å². The van der Waals surface area contributed by atoms with E-state index < -0.39 is 11.9 Å². The van der Waals surface area contributed by atoms with Gasteiger partial charge in [0.1, 0.15) is 5.75 Å². The predicted molar refractivity (Wildman–Crippen MR) is 82.4 cm³/mol. The molecule has 23 heavy (non-hydrogen) atoms. The highest BCUT2D eigenvalue weighted by atomic mass is 16.5. The minimum Gasteiger partial charge on any atom is -0.493 e. The summed E-state index contributed by atoms with van der Waals surface area (Å²) in [5.74, 6) is -1.51. The van der Waals surface area contributed by atoms with E-state index in [4.69, 9.17) is 20.7 Å². The summed E-state index contributed by atoms with van der Waals surface area (Å²) in [7, 11) is 0. The van der Waals surface area contributed by atoms with Crippen molar-refractivity contribution >= 4 is 22.8 Å². The maximum absolute atomic E-state index is 9.55. The highest BCUT2D eigenvalue weighted by molar-refractivity contribution is 5.89. The van der Waals surface area contributed by atoms with Crippen LogP contribution in [0, 0.1) is 0 Å². The van der Waals surface area contributed by atoms with E-state index in [0.29, 0.717) is 18.7 Å². The molecule has 0 saturated carbocycles. The second-order valence-electron chi connectivity index (χ2n) is 4.74. The van der Waals surface area contributed by atoms with Gasteiger partial charge in [-0.1, -0.05) is 0 Å². The lowest BCUT2D eigenvalue weighted by Gasteiger charge is -2.04. The van der Waals surface area contributed by atoms with Crippen LogP contribution in [0.4, 0.5) is 0 Å². The Labute approximate surface area is 131 Å². The molecule has 1 aliphatic rings. The smallest absolute Gasteiger partial charge is 0.328 e. The van der Waals surface area contributed by atoms with Crippen molar-refractivity contribution in [3.8, 4) is 5.75 Å². The van der Waals surface area contributed by atoms with E-state index in [9.17, 15) is 9.59 Å². The van der Waals surface area contributed by atoms with Crippen LogP contribution in [0.2, 0.25) is 0 Å². The summed E-state index contributed by atoms with van der Waals surface area (Å²) in [6, 6.07) is 4.08. The highest BCUT2D eigenvalue weighted by Crippen LogP contribution is 2.32. The number of carboxylic acid groups (broad SMARTS) is 2. The molecule has 0 unspecified atom stereocenters. The molecular formula is C15H17N3O5. The number of fused-ring (bicyclic) bond motifs is 3. The van der Waals surface area contributed by atoms with Gasteiger partial charge in [0.15, 0.2) is 0 Å². The maximum atomic E-state index is 9.55. The van der Waals surface area contributed by atoms with Crippen molar-refractivity contribution in [3.05, 3.63) is 36.0 Å². The number of hydrogen-bond donors (Lipinski definition) is 3. The summed E-state index contributed by atoms with van der Waals surface area (Å²) >= 11 is 0. The normalized spacial score (nSPS) is 12.6. The van der Waals surface area contributed by atoms with Crippen LogP contribution in [0.15, 0.2) is 30.5 Å². The monoisotopic (exact) mass is 319 g/mol. The molecule has 1 aromatic heterocycles. The summed E-state index contributed by atoms with van der Waals surface area (Å²) in [5.41, 5.74) is 8.03. The third kappa shape index (κ3) is 4.07. The fourth-order valence-corrected chi connectivity index (χ4v) is 2.31. The van der Waals surface area contributed by atoms with Gasteiger partial charge < -0.3 is 20.7 Å². The van der Waals surface area contributed by atoms with Gasteiger partial charge in [0.05, 0.1) is 24.9 Å². The Kier molecular flexibility index (Phi) is 5.32. The Hall–Kier alpha value is -2.87. The minimum absolute atomic E-state index is 0.558. The molecule has 8 nitrogen and oxygen atoms in total. The number of aliphatic carboxylic acids is 2. The molecule has 122 valence electrons. The van der Waals surface area contributed by atoms with Gasteiger partial charge >= 0.3 is 11.9 Å². The molecule has 0 bridgehead atoms. The molecular weight excluding hydrogens is 302 g/mol. The Morgan fingerprint density at radius 3 is 2.61 bits per heavy atom. The highest BCUT2D eigenvalue weighted by Gasteiger charge is 2.17. The number of aromatic nitrogens is 2. The number of nitrogens with zero attached hydrogens (tertiary/aromatic N) is 2. The van der Waals surface area contributed by atoms with Gasteiger partial charge in [-0.2, -0.15) is 5.10 Å². The van der Waals surface area contributed by atoms with Gasteiger partial charge in [-0.15, -0.1) is 0 Å². The zero-order chi connectivity index (χ0) is 16.8. The fraction of sp³-hybridized carbons (Fsp3) is 0.267. The number of nitrogens with two attached hydrogens (primary N) is 1. The average molecular weight is 319 g/mol. The molecule has 0 amide bonds. The first-order chi connectivity index (χ1) is 11.0. The minimum atomic E-state index is -1.26. The molecule has 8 heteroatoms. The Bertz CT molecular complexity index is 735. The molecule has 0 radical (unpaired) electrons. The molecule has 0 fully saturated rings. The van der Waals surface area contributed by atoms with Gasteiger partial charge in [0, 0.05) is 36.1 Å². The third-order valence-electron chi connectivity index (χ3n) is 3.18. The van der Waals surface area contributed by atoms with Crippen LogP contribution in [0.5, 0.6) is 5.75 Å². The lowest BCUT2D eigenvalue weighted by molar-refractivity contribution is -0.134. The molecule has 2 aromatic rings. The first kappa shape index (κ1) is 16.5. The summed E-state index contributed by atoms with van der Waals surface area (Å²) in [6.07, 6.45) is 3.98. The quantitative estimate of drug-likeness (QED) is 0.705. The topological polar surface area (TPSA) is 128 Å². The second-order valence-corrected chi connectivity index (χ2v) is 4.74. The number of carboxylic acids is 2. The molecule has 1 aliphatic heterocycles. The van der Waals surface area contributed by atoms with Crippen LogP contribution >= 0.6 is 0 Å². The molecule has 3 rings (SSSR count). The zero-order valence-electron chi connectivity index (χ0n) is 12.3. The molecule has 0 atom stereocenters. The van der Waals surface area contributed by atoms with Gasteiger partial charge in [-0.3, -0.25) is 4.68 Å². The summed E-state index contributed by atoms with van der Waals surface area (Å²) < 4.78 is 7.51. The number of ether oxygens (including phenoxy) is 1. The van der Waals surface area contributed by atoms with Crippen molar-refractivity contribution in [2.24, 2.45) is 5.73 Å². The van der Waals surface area contributed by atoms with Crippen molar-refractivity contribution in [2.45, 2.75) is 13.0 Å². The van der Waals surface area contributed by atoms with E-state index >= 15 is 0 Å². The predicted octanol–water partition coefficient (Wildman–Crippen LogP) is 0.642. The van der Waals surface area contributed by atoms with Crippen LogP contribution in [0.1, 0.15) is 5.56 Å². The summed E-state index contributed by atoms with van der Waals surface area (Å²) in [5, 5.41) is 21.1. The molecule has 4 N–H and O–H groups in total. The largest absolute Gasteiger partial charge is 0.493 e. The third-order valence-corrected chi connectivity index (χ3v) is 3.18. The molecule has 1 aromatic carbocycles. The van der Waals surface area contributed by atoms with Crippen LogP contribution < -0.4 is 10.5 Å². The number of carbonyl (C=O) groups is 2. The van der Waals surface area contributed by atoms with E-state index in [0.717, 1.165) is 25.3 Å². The fourth-order valence-electron chi connectivity index (χ4n) is 2.31. The zero-order valence-corrected chi connectivity index (χ0v) is 12.3. The number of rotatable bonds is 4. The van der Waals surface area contributed by atoms with Gasteiger partial charge in [-0.25, -0.2) is 9.59 Å². The Morgan fingerprint density at radius 2 is 2.00 bits per heavy atom. The molecule has 0 saturated heterocycles. The van der Waals surface area contributed by atoms with Crippen LogP contribution in [0.3, 0.4) is 0 Å². The maximum Gasteiger partial charge on any atom is 0.328 e. The summed E-state index contributed by atoms with van der Waals surface area (Å²) in [6.45, 7) is 2.16. The van der Waals surface area contributed by atoms with E-state index in [1.807, 2.05) is 16.9 Å². The average Bonchev–Trinajstić information content (AvgIpc) is 3.12. The van der Waals surface area contributed by atoms with Crippen LogP contribution in [-0.2, 0) is 22.6 Å². The molecule has 2 heterocycles. The lowest BCUT2D eigenvalue weighted by Crippen LogP contribution is -2.11. The second kappa shape index (κ2) is 7.41. The first-order valence-electron chi connectivity index (χ1n) is 6.97.